The maximum atomic E-state index is 13.0. The normalized spacial score (nSPS) is 16.8. The molecule has 1 amide bonds. The van der Waals surface area contributed by atoms with E-state index in [1.165, 1.54) is 5.69 Å². The molecule has 3 heterocycles. The highest BCUT2D eigenvalue weighted by atomic mass is 16.5. The van der Waals surface area contributed by atoms with E-state index in [0.717, 1.165) is 87.8 Å². The molecule has 1 N–H and O–H groups in total. The molecule has 9 nitrogen and oxygen atoms in total. The summed E-state index contributed by atoms with van der Waals surface area (Å²) in [5, 5.41) is 13.8. The van der Waals surface area contributed by atoms with Gasteiger partial charge in [0.2, 0.25) is 0 Å². The number of carbonyl (C=O) groups excluding carboxylic acids is 1. The van der Waals surface area contributed by atoms with Crippen LogP contribution in [-0.2, 0) is 4.74 Å². The number of morpholine rings is 1. The third-order valence-corrected chi connectivity index (χ3v) is 6.94. The van der Waals surface area contributed by atoms with E-state index in [2.05, 4.69) is 42.3 Å². The molecule has 0 spiro atoms. The number of carbonyl (C=O) groups is 1. The molecule has 9 heteroatoms. The zero-order valence-corrected chi connectivity index (χ0v) is 20.9. The largest absolute Gasteiger partial charge is 0.497 e. The fraction of sp³-hybridized carbons (Fsp3) is 0.444. The summed E-state index contributed by atoms with van der Waals surface area (Å²) in [4.78, 5) is 20.0. The first-order chi connectivity index (χ1) is 17.7. The number of hydrogen-bond acceptors (Lipinski definition) is 8. The van der Waals surface area contributed by atoms with E-state index in [9.17, 15) is 4.79 Å². The standard InChI is InChI=1S/C27H34N6O3/c1-35-22-9-7-21(8-10-22)32-13-15-33(16-14-32)26-24-6-3-2-5-23(24)25(29-30-26)27(34)28-11-4-12-31-17-19-36-20-18-31/h2-3,5-10H,4,11-20H2,1H3,(H,28,34). The lowest BCUT2D eigenvalue weighted by atomic mass is 10.1. The van der Waals surface area contributed by atoms with Gasteiger partial charge >= 0.3 is 0 Å². The molecule has 2 aliphatic rings. The topological polar surface area (TPSA) is 83.1 Å². The Labute approximate surface area is 212 Å². The van der Waals surface area contributed by atoms with Gasteiger partial charge in [-0.3, -0.25) is 9.69 Å². The minimum atomic E-state index is -0.170. The summed E-state index contributed by atoms with van der Waals surface area (Å²) in [7, 11) is 1.68. The van der Waals surface area contributed by atoms with Gasteiger partial charge in [-0.2, -0.15) is 0 Å². The highest BCUT2D eigenvalue weighted by Crippen LogP contribution is 2.28. The predicted octanol–water partition coefficient (Wildman–Crippen LogP) is 2.42. The van der Waals surface area contributed by atoms with E-state index < -0.39 is 0 Å². The number of amides is 1. The molecular formula is C27H34N6O3. The van der Waals surface area contributed by atoms with Gasteiger partial charge in [-0.1, -0.05) is 24.3 Å². The number of methoxy groups -OCH3 is 1. The van der Waals surface area contributed by atoms with Gasteiger partial charge in [-0.25, -0.2) is 0 Å². The van der Waals surface area contributed by atoms with Gasteiger partial charge in [0.25, 0.3) is 5.91 Å². The van der Waals surface area contributed by atoms with Gasteiger partial charge in [0, 0.05) is 62.3 Å². The van der Waals surface area contributed by atoms with Crippen LogP contribution in [0.4, 0.5) is 11.5 Å². The highest BCUT2D eigenvalue weighted by Gasteiger charge is 2.23. The van der Waals surface area contributed by atoms with Crippen molar-refractivity contribution in [3.05, 3.63) is 54.2 Å². The molecule has 0 radical (unpaired) electrons. The lowest BCUT2D eigenvalue weighted by molar-refractivity contribution is 0.0374. The lowest BCUT2D eigenvalue weighted by Crippen LogP contribution is -2.47. The average Bonchev–Trinajstić information content (AvgIpc) is 2.95. The van der Waals surface area contributed by atoms with Crippen LogP contribution in [0.2, 0.25) is 0 Å². The fourth-order valence-electron chi connectivity index (χ4n) is 4.87. The molecule has 0 saturated carbocycles. The average molecular weight is 491 g/mol. The van der Waals surface area contributed by atoms with E-state index in [1.807, 2.05) is 36.4 Å². The fourth-order valence-corrected chi connectivity index (χ4v) is 4.87. The Morgan fingerprint density at radius 2 is 1.61 bits per heavy atom. The number of aromatic nitrogens is 2. The first-order valence-electron chi connectivity index (χ1n) is 12.7. The van der Waals surface area contributed by atoms with Gasteiger partial charge < -0.3 is 24.6 Å². The first kappa shape index (κ1) is 24.3. The maximum Gasteiger partial charge on any atom is 0.272 e. The zero-order valence-electron chi connectivity index (χ0n) is 20.9. The maximum absolute atomic E-state index is 13.0. The molecule has 0 unspecified atom stereocenters. The van der Waals surface area contributed by atoms with Crippen LogP contribution in [0.3, 0.4) is 0 Å². The second-order valence-electron chi connectivity index (χ2n) is 9.15. The minimum absolute atomic E-state index is 0.170. The number of hydrogen-bond donors (Lipinski definition) is 1. The SMILES string of the molecule is COc1ccc(N2CCN(c3nnc(C(=O)NCCCN4CCOCC4)c4ccccc34)CC2)cc1. The molecule has 3 aromatic rings. The van der Waals surface area contributed by atoms with E-state index >= 15 is 0 Å². The Balaban J connectivity index is 1.22. The van der Waals surface area contributed by atoms with Crippen molar-refractivity contribution >= 4 is 28.2 Å². The summed E-state index contributed by atoms with van der Waals surface area (Å²) in [5.74, 6) is 1.53. The van der Waals surface area contributed by atoms with Crippen molar-refractivity contribution in [2.45, 2.75) is 6.42 Å². The van der Waals surface area contributed by atoms with Gasteiger partial charge in [0.15, 0.2) is 11.5 Å². The number of benzene rings is 2. The first-order valence-corrected chi connectivity index (χ1v) is 12.7. The summed E-state index contributed by atoms with van der Waals surface area (Å²) in [6, 6.07) is 16.1. The molecule has 2 saturated heterocycles. The lowest BCUT2D eigenvalue weighted by Gasteiger charge is -2.37. The molecule has 2 fully saturated rings. The summed E-state index contributed by atoms with van der Waals surface area (Å²) >= 11 is 0. The molecule has 36 heavy (non-hydrogen) atoms. The summed E-state index contributed by atoms with van der Waals surface area (Å²) in [6.07, 6.45) is 0.896. The molecule has 5 rings (SSSR count). The second kappa shape index (κ2) is 11.5. The summed E-state index contributed by atoms with van der Waals surface area (Å²) < 4.78 is 10.7. The molecule has 2 aromatic carbocycles. The quantitative estimate of drug-likeness (QED) is 0.482. The highest BCUT2D eigenvalue weighted by molar-refractivity contribution is 6.07. The Morgan fingerprint density at radius 1 is 0.917 bits per heavy atom. The smallest absolute Gasteiger partial charge is 0.272 e. The number of ether oxygens (including phenoxy) is 2. The van der Waals surface area contributed by atoms with E-state index in [1.54, 1.807) is 7.11 Å². The van der Waals surface area contributed by atoms with Crippen molar-refractivity contribution < 1.29 is 14.3 Å². The number of nitrogens with zero attached hydrogens (tertiary/aromatic N) is 5. The van der Waals surface area contributed by atoms with Crippen molar-refractivity contribution in [2.75, 3.05) is 82.5 Å². The van der Waals surface area contributed by atoms with E-state index in [0.29, 0.717) is 12.2 Å². The molecule has 1 aromatic heterocycles. The molecule has 0 atom stereocenters. The number of anilines is 2. The van der Waals surface area contributed by atoms with Crippen LogP contribution in [-0.4, -0.2) is 93.7 Å². The van der Waals surface area contributed by atoms with Crippen molar-refractivity contribution in [1.29, 1.82) is 0 Å². The monoisotopic (exact) mass is 490 g/mol. The molecule has 0 aliphatic carbocycles. The Morgan fingerprint density at radius 3 is 2.33 bits per heavy atom. The van der Waals surface area contributed by atoms with Crippen LogP contribution < -0.4 is 19.9 Å². The number of rotatable bonds is 8. The molecular weight excluding hydrogens is 456 g/mol. The van der Waals surface area contributed by atoms with Crippen LogP contribution >= 0.6 is 0 Å². The van der Waals surface area contributed by atoms with Crippen LogP contribution in [0, 0.1) is 0 Å². The Bertz CT molecular complexity index is 1160. The van der Waals surface area contributed by atoms with Gasteiger partial charge in [-0.05, 0) is 37.2 Å². The predicted molar refractivity (Wildman–Crippen MR) is 141 cm³/mol. The van der Waals surface area contributed by atoms with Crippen LogP contribution in [0.15, 0.2) is 48.5 Å². The zero-order chi connectivity index (χ0) is 24.7. The number of fused-ring (bicyclic) bond motifs is 1. The summed E-state index contributed by atoms with van der Waals surface area (Å²) in [5.41, 5.74) is 1.57. The van der Waals surface area contributed by atoms with Crippen molar-refractivity contribution in [3.8, 4) is 5.75 Å². The van der Waals surface area contributed by atoms with Crippen molar-refractivity contribution in [1.82, 2.24) is 20.4 Å². The molecule has 190 valence electrons. The Hall–Kier alpha value is -3.43. The number of piperazine rings is 1. The third-order valence-electron chi connectivity index (χ3n) is 6.94. The van der Waals surface area contributed by atoms with Gasteiger partial charge in [0.1, 0.15) is 5.75 Å². The van der Waals surface area contributed by atoms with Crippen LogP contribution in [0.5, 0.6) is 5.75 Å². The summed E-state index contributed by atoms with van der Waals surface area (Å²) in [6.45, 7) is 8.49. The number of nitrogens with one attached hydrogen (secondary N) is 1. The molecule has 0 bridgehead atoms. The third kappa shape index (κ3) is 5.52. The van der Waals surface area contributed by atoms with Gasteiger partial charge in [-0.15, -0.1) is 10.2 Å². The van der Waals surface area contributed by atoms with E-state index in [4.69, 9.17) is 9.47 Å². The van der Waals surface area contributed by atoms with E-state index in [-0.39, 0.29) is 5.91 Å². The van der Waals surface area contributed by atoms with Crippen molar-refractivity contribution in [3.63, 3.8) is 0 Å². The Kier molecular flexibility index (Phi) is 7.78. The molecule has 2 aliphatic heterocycles. The van der Waals surface area contributed by atoms with Crippen LogP contribution in [0.1, 0.15) is 16.9 Å². The van der Waals surface area contributed by atoms with Crippen molar-refractivity contribution in [2.24, 2.45) is 0 Å². The minimum Gasteiger partial charge on any atom is -0.497 e. The van der Waals surface area contributed by atoms with Gasteiger partial charge in [0.05, 0.1) is 20.3 Å². The van der Waals surface area contributed by atoms with Crippen LogP contribution in [0.25, 0.3) is 10.8 Å². The second-order valence-corrected chi connectivity index (χ2v) is 9.15.